The van der Waals surface area contributed by atoms with Crippen molar-refractivity contribution in [2.45, 2.75) is 39.3 Å². The number of hydrogen-bond donors (Lipinski definition) is 1. The summed E-state index contributed by atoms with van der Waals surface area (Å²) in [6.45, 7) is 4.71. The Morgan fingerprint density at radius 2 is 2.21 bits per heavy atom. The molecule has 3 nitrogen and oxygen atoms in total. The van der Waals surface area contributed by atoms with Gasteiger partial charge in [-0.2, -0.15) is 0 Å². The van der Waals surface area contributed by atoms with Crippen LogP contribution >= 0.6 is 0 Å². The smallest absolute Gasteiger partial charge is 0.250 e. The van der Waals surface area contributed by atoms with Gasteiger partial charge in [-0.25, -0.2) is 0 Å². The van der Waals surface area contributed by atoms with Crippen molar-refractivity contribution in [2.75, 3.05) is 0 Å². The fourth-order valence-corrected chi connectivity index (χ4v) is 1.48. The van der Waals surface area contributed by atoms with E-state index in [0.717, 1.165) is 25.1 Å². The monoisotopic (exact) mass is 194 g/mol. The Labute approximate surface area is 84.6 Å². The van der Waals surface area contributed by atoms with Gasteiger partial charge in [0.15, 0.2) is 0 Å². The number of aromatic nitrogens is 1. The van der Waals surface area contributed by atoms with Crippen molar-refractivity contribution in [1.29, 1.82) is 0 Å². The molecule has 0 saturated carbocycles. The van der Waals surface area contributed by atoms with Crippen LogP contribution in [0.2, 0.25) is 0 Å². The molecule has 0 aromatic carbocycles. The average Bonchev–Trinajstić information content (AvgIpc) is 2.09. The predicted octanol–water partition coefficient (Wildman–Crippen LogP) is 1.28. The van der Waals surface area contributed by atoms with Gasteiger partial charge in [0.25, 0.3) is 5.56 Å². The number of rotatable bonds is 4. The summed E-state index contributed by atoms with van der Waals surface area (Å²) < 4.78 is 1.79. The molecule has 14 heavy (non-hydrogen) atoms. The maximum Gasteiger partial charge on any atom is 0.250 e. The Hall–Kier alpha value is -1.09. The molecule has 78 valence electrons. The molecule has 0 amide bonds. The predicted molar refractivity (Wildman–Crippen MR) is 58.3 cm³/mol. The van der Waals surface area contributed by atoms with E-state index in [9.17, 15) is 4.79 Å². The van der Waals surface area contributed by atoms with E-state index >= 15 is 0 Å². The first-order valence-electron chi connectivity index (χ1n) is 5.03. The molecule has 0 aliphatic rings. The molecule has 0 aliphatic carbocycles. The normalized spacial score (nSPS) is 12.8. The van der Waals surface area contributed by atoms with Gasteiger partial charge in [-0.3, -0.25) is 4.79 Å². The van der Waals surface area contributed by atoms with E-state index in [1.54, 1.807) is 16.7 Å². The van der Waals surface area contributed by atoms with Gasteiger partial charge in [-0.15, -0.1) is 0 Å². The van der Waals surface area contributed by atoms with Gasteiger partial charge < -0.3 is 10.3 Å². The highest BCUT2D eigenvalue weighted by Gasteiger charge is 1.99. The van der Waals surface area contributed by atoms with Crippen LogP contribution in [0.4, 0.5) is 0 Å². The third kappa shape index (κ3) is 3.00. The Morgan fingerprint density at radius 1 is 1.50 bits per heavy atom. The molecule has 2 N–H and O–H groups in total. The van der Waals surface area contributed by atoms with Crippen molar-refractivity contribution >= 4 is 0 Å². The van der Waals surface area contributed by atoms with Gasteiger partial charge in [0.1, 0.15) is 0 Å². The van der Waals surface area contributed by atoms with Crippen molar-refractivity contribution in [3.05, 3.63) is 34.2 Å². The molecule has 3 heteroatoms. The first-order chi connectivity index (χ1) is 6.61. The highest BCUT2D eigenvalue weighted by Crippen LogP contribution is 1.99. The highest BCUT2D eigenvalue weighted by atomic mass is 16.1. The molecule has 1 unspecified atom stereocenters. The van der Waals surface area contributed by atoms with Crippen molar-refractivity contribution in [1.82, 2.24) is 4.57 Å². The van der Waals surface area contributed by atoms with Crippen molar-refractivity contribution in [3.8, 4) is 0 Å². The molecular formula is C11H18N2O. The summed E-state index contributed by atoms with van der Waals surface area (Å²) in [7, 11) is 0. The largest absolute Gasteiger partial charge is 0.328 e. The standard InChI is InChI=1S/C11H18N2O/c1-9(12)5-4-8-13-10(2)6-3-7-11(13)14/h3,6-7,9H,4-5,8,12H2,1-2H3. The van der Waals surface area contributed by atoms with Crippen LogP contribution in [0, 0.1) is 6.92 Å². The Bertz CT molecular complexity index is 341. The molecule has 1 atom stereocenters. The van der Waals surface area contributed by atoms with E-state index < -0.39 is 0 Å². The van der Waals surface area contributed by atoms with Crippen LogP contribution in [0.25, 0.3) is 0 Å². The zero-order valence-electron chi connectivity index (χ0n) is 8.86. The first kappa shape index (κ1) is 11.0. The van der Waals surface area contributed by atoms with Crippen molar-refractivity contribution in [3.63, 3.8) is 0 Å². The Kier molecular flexibility index (Phi) is 3.89. The lowest BCUT2D eigenvalue weighted by Gasteiger charge is -2.10. The summed E-state index contributed by atoms with van der Waals surface area (Å²) >= 11 is 0. The third-order valence-corrected chi connectivity index (χ3v) is 2.31. The van der Waals surface area contributed by atoms with Gasteiger partial charge >= 0.3 is 0 Å². The Morgan fingerprint density at radius 3 is 2.79 bits per heavy atom. The summed E-state index contributed by atoms with van der Waals surface area (Å²) in [6.07, 6.45) is 1.92. The molecule has 0 aliphatic heterocycles. The molecule has 0 fully saturated rings. The van der Waals surface area contributed by atoms with Crippen molar-refractivity contribution < 1.29 is 0 Å². The third-order valence-electron chi connectivity index (χ3n) is 2.31. The van der Waals surface area contributed by atoms with Crippen LogP contribution in [0.1, 0.15) is 25.5 Å². The van der Waals surface area contributed by atoms with Crippen molar-refractivity contribution in [2.24, 2.45) is 5.73 Å². The molecule has 0 saturated heterocycles. The number of aryl methyl sites for hydroxylation is 1. The van der Waals surface area contributed by atoms with Crippen LogP contribution in [0.15, 0.2) is 23.0 Å². The van der Waals surface area contributed by atoms with E-state index in [2.05, 4.69) is 0 Å². The van der Waals surface area contributed by atoms with E-state index in [0.29, 0.717) is 0 Å². The molecule has 0 radical (unpaired) electrons. The molecule has 1 aromatic heterocycles. The molecular weight excluding hydrogens is 176 g/mol. The van der Waals surface area contributed by atoms with Gasteiger partial charge in [-0.05, 0) is 32.8 Å². The van der Waals surface area contributed by atoms with Crippen LogP contribution in [-0.4, -0.2) is 10.6 Å². The topological polar surface area (TPSA) is 48.0 Å². The number of nitrogens with two attached hydrogens (primary N) is 1. The van der Waals surface area contributed by atoms with Gasteiger partial charge in [-0.1, -0.05) is 6.07 Å². The van der Waals surface area contributed by atoms with E-state index in [4.69, 9.17) is 5.73 Å². The molecule has 1 heterocycles. The minimum Gasteiger partial charge on any atom is -0.328 e. The molecule has 0 bridgehead atoms. The molecule has 1 aromatic rings. The second-order valence-electron chi connectivity index (χ2n) is 3.78. The maximum absolute atomic E-state index is 11.4. The van der Waals surface area contributed by atoms with E-state index in [-0.39, 0.29) is 11.6 Å². The highest BCUT2D eigenvalue weighted by molar-refractivity contribution is 5.04. The minimum atomic E-state index is 0.0784. The average molecular weight is 194 g/mol. The van der Waals surface area contributed by atoms with E-state index in [1.807, 2.05) is 19.9 Å². The lowest BCUT2D eigenvalue weighted by molar-refractivity contribution is 0.541. The minimum absolute atomic E-state index is 0.0784. The lowest BCUT2D eigenvalue weighted by Crippen LogP contribution is -2.22. The summed E-state index contributed by atoms with van der Waals surface area (Å²) in [6, 6.07) is 5.56. The maximum atomic E-state index is 11.4. The first-order valence-corrected chi connectivity index (χ1v) is 5.03. The number of nitrogens with zero attached hydrogens (tertiary/aromatic N) is 1. The van der Waals surface area contributed by atoms with Gasteiger partial charge in [0.2, 0.25) is 0 Å². The fraction of sp³-hybridized carbons (Fsp3) is 0.545. The number of hydrogen-bond acceptors (Lipinski definition) is 2. The zero-order chi connectivity index (χ0) is 10.6. The van der Waals surface area contributed by atoms with Gasteiger partial charge in [0.05, 0.1) is 0 Å². The Balaban J connectivity index is 2.63. The number of pyridine rings is 1. The van der Waals surface area contributed by atoms with Gasteiger partial charge in [0, 0.05) is 24.3 Å². The quantitative estimate of drug-likeness (QED) is 0.785. The van der Waals surface area contributed by atoms with Crippen LogP contribution in [0.3, 0.4) is 0 Å². The fourth-order valence-electron chi connectivity index (χ4n) is 1.48. The van der Waals surface area contributed by atoms with Crippen LogP contribution in [0.5, 0.6) is 0 Å². The van der Waals surface area contributed by atoms with Crippen LogP contribution in [-0.2, 0) is 6.54 Å². The SMILES string of the molecule is Cc1cccc(=O)n1CCCC(C)N. The van der Waals surface area contributed by atoms with E-state index in [1.165, 1.54) is 0 Å². The molecule has 0 spiro atoms. The molecule has 1 rings (SSSR count). The zero-order valence-corrected chi connectivity index (χ0v) is 8.86. The van der Waals surface area contributed by atoms with Crippen LogP contribution < -0.4 is 11.3 Å². The summed E-state index contributed by atoms with van der Waals surface area (Å²) in [5, 5.41) is 0. The second-order valence-corrected chi connectivity index (χ2v) is 3.78. The second kappa shape index (κ2) is 4.96. The summed E-state index contributed by atoms with van der Waals surface area (Å²) in [4.78, 5) is 11.4. The summed E-state index contributed by atoms with van der Waals surface area (Å²) in [5.74, 6) is 0. The summed E-state index contributed by atoms with van der Waals surface area (Å²) in [5.41, 5.74) is 6.74. The lowest BCUT2D eigenvalue weighted by atomic mass is 10.2.